The third kappa shape index (κ3) is 3.82. The van der Waals surface area contributed by atoms with Gasteiger partial charge in [0.25, 0.3) is 0 Å². The van der Waals surface area contributed by atoms with E-state index >= 15 is 0 Å². The van der Waals surface area contributed by atoms with Gasteiger partial charge >= 0.3 is 0 Å². The number of likely N-dealkylation sites (N-methyl/N-ethyl adjacent to an activating group) is 1. The maximum absolute atomic E-state index is 12.1. The highest BCUT2D eigenvalue weighted by Crippen LogP contribution is 2.08. The van der Waals surface area contributed by atoms with Crippen molar-refractivity contribution in [3.8, 4) is 0 Å². The van der Waals surface area contributed by atoms with Crippen LogP contribution in [0.4, 0.5) is 0 Å². The molecule has 0 spiro atoms. The number of nitrogens with two attached hydrogens (primary N) is 1. The topological polar surface area (TPSA) is 59.2 Å². The van der Waals surface area contributed by atoms with E-state index in [9.17, 15) is 4.79 Å². The Morgan fingerprint density at radius 2 is 2.00 bits per heavy atom. The van der Waals surface area contributed by atoms with Crippen LogP contribution in [0.2, 0.25) is 0 Å². The number of amides is 1. The molecule has 0 unspecified atom stereocenters. The summed E-state index contributed by atoms with van der Waals surface area (Å²) in [6, 6.07) is 3.41. The van der Waals surface area contributed by atoms with Gasteiger partial charge in [-0.15, -0.1) is 0 Å². The number of rotatable bonds is 5. The summed E-state index contributed by atoms with van der Waals surface area (Å²) in [5.74, 6) is 0.174. The molecule has 0 saturated heterocycles. The Morgan fingerprint density at radius 1 is 1.41 bits per heavy atom. The van der Waals surface area contributed by atoms with Crippen LogP contribution in [-0.2, 0) is 11.3 Å². The molecule has 0 fully saturated rings. The summed E-state index contributed by atoms with van der Waals surface area (Å²) in [5.41, 5.74) is 6.96. The minimum Gasteiger partial charge on any atom is -0.337 e. The first-order valence-corrected chi connectivity index (χ1v) is 5.99. The van der Waals surface area contributed by atoms with Gasteiger partial charge in [0.15, 0.2) is 0 Å². The van der Waals surface area contributed by atoms with Crippen molar-refractivity contribution in [1.29, 1.82) is 0 Å². The SMILES string of the molecule is CCN(Cc1ccncc1)C(=O)[C@H](N)C(C)C. The van der Waals surface area contributed by atoms with Gasteiger partial charge in [0.2, 0.25) is 5.91 Å². The van der Waals surface area contributed by atoms with E-state index in [1.165, 1.54) is 0 Å². The van der Waals surface area contributed by atoms with Gasteiger partial charge in [0, 0.05) is 25.5 Å². The zero-order valence-electron chi connectivity index (χ0n) is 10.8. The second-order valence-electron chi connectivity index (χ2n) is 4.48. The molecule has 0 saturated carbocycles. The molecule has 0 aliphatic carbocycles. The molecule has 4 heteroatoms. The zero-order valence-corrected chi connectivity index (χ0v) is 10.8. The van der Waals surface area contributed by atoms with Crippen LogP contribution < -0.4 is 5.73 Å². The molecule has 0 aliphatic heterocycles. The lowest BCUT2D eigenvalue weighted by Crippen LogP contribution is -2.46. The Bertz CT molecular complexity index is 351. The van der Waals surface area contributed by atoms with E-state index in [0.29, 0.717) is 13.1 Å². The first-order chi connectivity index (χ1) is 8.06. The van der Waals surface area contributed by atoms with E-state index < -0.39 is 6.04 Å². The van der Waals surface area contributed by atoms with E-state index in [1.807, 2.05) is 32.9 Å². The second-order valence-corrected chi connectivity index (χ2v) is 4.48. The summed E-state index contributed by atoms with van der Waals surface area (Å²) in [5, 5.41) is 0. The van der Waals surface area contributed by atoms with E-state index in [0.717, 1.165) is 5.56 Å². The van der Waals surface area contributed by atoms with Gasteiger partial charge in [0.1, 0.15) is 0 Å². The lowest BCUT2D eigenvalue weighted by atomic mass is 10.0. The van der Waals surface area contributed by atoms with Crippen LogP contribution in [0.15, 0.2) is 24.5 Å². The third-order valence-corrected chi connectivity index (χ3v) is 2.82. The molecule has 4 nitrogen and oxygen atoms in total. The second kappa shape index (κ2) is 6.35. The maximum atomic E-state index is 12.1. The number of pyridine rings is 1. The molecule has 1 heterocycles. The number of hydrogen-bond acceptors (Lipinski definition) is 3. The number of nitrogens with zero attached hydrogens (tertiary/aromatic N) is 2. The largest absolute Gasteiger partial charge is 0.337 e. The Labute approximate surface area is 103 Å². The highest BCUT2D eigenvalue weighted by molar-refractivity contribution is 5.81. The molecule has 0 aliphatic rings. The molecular formula is C13H21N3O. The minimum atomic E-state index is -0.420. The summed E-state index contributed by atoms with van der Waals surface area (Å²) >= 11 is 0. The molecule has 1 atom stereocenters. The van der Waals surface area contributed by atoms with E-state index in [1.54, 1.807) is 17.3 Å². The van der Waals surface area contributed by atoms with Crippen molar-refractivity contribution in [3.63, 3.8) is 0 Å². The number of aromatic nitrogens is 1. The summed E-state index contributed by atoms with van der Waals surface area (Å²) in [6.07, 6.45) is 3.46. The van der Waals surface area contributed by atoms with Gasteiger partial charge in [-0.25, -0.2) is 0 Å². The molecule has 1 aromatic heterocycles. The smallest absolute Gasteiger partial charge is 0.240 e. The molecular weight excluding hydrogens is 214 g/mol. The van der Waals surface area contributed by atoms with Crippen LogP contribution >= 0.6 is 0 Å². The van der Waals surface area contributed by atoms with Crippen molar-refractivity contribution in [2.45, 2.75) is 33.4 Å². The van der Waals surface area contributed by atoms with Crippen LogP contribution in [0.3, 0.4) is 0 Å². The summed E-state index contributed by atoms with van der Waals surface area (Å²) < 4.78 is 0. The monoisotopic (exact) mass is 235 g/mol. The third-order valence-electron chi connectivity index (χ3n) is 2.82. The standard InChI is InChI=1S/C13H21N3O/c1-4-16(13(17)12(14)10(2)3)9-11-5-7-15-8-6-11/h5-8,10,12H,4,9,14H2,1-3H3/t12-/m1/s1. The lowest BCUT2D eigenvalue weighted by molar-refractivity contribution is -0.134. The number of hydrogen-bond donors (Lipinski definition) is 1. The Balaban J connectivity index is 2.69. The van der Waals surface area contributed by atoms with Gasteiger partial charge in [-0.05, 0) is 30.5 Å². The van der Waals surface area contributed by atoms with Crippen LogP contribution in [0.1, 0.15) is 26.3 Å². The molecule has 17 heavy (non-hydrogen) atoms. The Hall–Kier alpha value is -1.42. The van der Waals surface area contributed by atoms with Gasteiger partial charge in [-0.3, -0.25) is 9.78 Å². The van der Waals surface area contributed by atoms with Gasteiger partial charge in [0.05, 0.1) is 6.04 Å². The zero-order chi connectivity index (χ0) is 12.8. The molecule has 0 bridgehead atoms. The van der Waals surface area contributed by atoms with E-state index in [-0.39, 0.29) is 11.8 Å². The van der Waals surface area contributed by atoms with Gasteiger partial charge in [-0.2, -0.15) is 0 Å². The highest BCUT2D eigenvalue weighted by atomic mass is 16.2. The number of carbonyl (C=O) groups is 1. The lowest BCUT2D eigenvalue weighted by Gasteiger charge is -2.26. The summed E-state index contributed by atoms with van der Waals surface area (Å²) in [4.78, 5) is 17.8. The molecule has 1 amide bonds. The first kappa shape index (κ1) is 13.6. The highest BCUT2D eigenvalue weighted by Gasteiger charge is 2.22. The van der Waals surface area contributed by atoms with Crippen molar-refractivity contribution in [2.24, 2.45) is 11.7 Å². The fourth-order valence-electron chi connectivity index (χ4n) is 1.55. The normalized spacial score (nSPS) is 12.5. The quantitative estimate of drug-likeness (QED) is 0.839. The van der Waals surface area contributed by atoms with Crippen molar-refractivity contribution < 1.29 is 4.79 Å². The molecule has 2 N–H and O–H groups in total. The van der Waals surface area contributed by atoms with Crippen LogP contribution in [0, 0.1) is 5.92 Å². The molecule has 0 aromatic carbocycles. The Morgan fingerprint density at radius 3 is 2.47 bits per heavy atom. The van der Waals surface area contributed by atoms with Crippen molar-refractivity contribution in [3.05, 3.63) is 30.1 Å². The van der Waals surface area contributed by atoms with Crippen LogP contribution in [0.5, 0.6) is 0 Å². The average molecular weight is 235 g/mol. The minimum absolute atomic E-state index is 0.0133. The molecule has 0 radical (unpaired) electrons. The summed E-state index contributed by atoms with van der Waals surface area (Å²) in [7, 11) is 0. The van der Waals surface area contributed by atoms with Crippen molar-refractivity contribution in [1.82, 2.24) is 9.88 Å². The fraction of sp³-hybridized carbons (Fsp3) is 0.538. The maximum Gasteiger partial charge on any atom is 0.240 e. The van der Waals surface area contributed by atoms with Crippen LogP contribution in [0.25, 0.3) is 0 Å². The molecule has 1 aromatic rings. The van der Waals surface area contributed by atoms with Crippen LogP contribution in [-0.4, -0.2) is 28.4 Å². The van der Waals surface area contributed by atoms with E-state index in [2.05, 4.69) is 4.98 Å². The predicted octanol–water partition coefficient (Wildman–Crippen LogP) is 1.41. The first-order valence-electron chi connectivity index (χ1n) is 5.99. The van der Waals surface area contributed by atoms with Crippen molar-refractivity contribution in [2.75, 3.05) is 6.54 Å². The van der Waals surface area contributed by atoms with E-state index in [4.69, 9.17) is 5.73 Å². The molecule has 1 rings (SSSR count). The van der Waals surface area contributed by atoms with Gasteiger partial charge in [-0.1, -0.05) is 13.8 Å². The predicted molar refractivity (Wildman–Crippen MR) is 68.1 cm³/mol. The summed E-state index contributed by atoms with van der Waals surface area (Å²) in [6.45, 7) is 7.15. The van der Waals surface area contributed by atoms with Gasteiger partial charge < -0.3 is 10.6 Å². The Kier molecular flexibility index (Phi) is 5.10. The average Bonchev–Trinajstić information content (AvgIpc) is 2.35. The number of carbonyl (C=O) groups excluding carboxylic acids is 1. The van der Waals surface area contributed by atoms with Crippen molar-refractivity contribution >= 4 is 5.91 Å². The molecule has 94 valence electrons. The fourth-order valence-corrected chi connectivity index (χ4v) is 1.55.